The maximum atomic E-state index is 9.81. The standard InChI is InChI=1S/C14H14O3/c1-2-9-6-7-10(15)8-11(9)14-12(16)4-3-5-13(14)17/h3-8,15-17H,2H2,1H3. The van der Waals surface area contributed by atoms with Gasteiger partial charge < -0.3 is 15.3 Å². The average molecular weight is 230 g/mol. The second-order valence-corrected chi connectivity index (χ2v) is 3.87. The predicted octanol–water partition coefficient (Wildman–Crippen LogP) is 3.03. The fourth-order valence-corrected chi connectivity index (χ4v) is 1.91. The molecule has 0 fully saturated rings. The molecule has 88 valence electrons. The van der Waals surface area contributed by atoms with Crippen molar-refractivity contribution in [3.8, 4) is 28.4 Å². The summed E-state index contributed by atoms with van der Waals surface area (Å²) in [5.41, 5.74) is 1.97. The minimum atomic E-state index is 0.00491. The van der Waals surface area contributed by atoms with Gasteiger partial charge in [-0.05, 0) is 41.8 Å². The summed E-state index contributed by atoms with van der Waals surface area (Å²) in [6.45, 7) is 1.98. The van der Waals surface area contributed by atoms with E-state index in [4.69, 9.17) is 0 Å². The van der Waals surface area contributed by atoms with Gasteiger partial charge in [0.25, 0.3) is 0 Å². The Bertz CT molecular complexity index is 527. The van der Waals surface area contributed by atoms with Crippen molar-refractivity contribution in [3.63, 3.8) is 0 Å². The van der Waals surface area contributed by atoms with Crippen LogP contribution in [0.4, 0.5) is 0 Å². The number of rotatable bonds is 2. The Kier molecular flexibility index (Phi) is 2.91. The van der Waals surface area contributed by atoms with Crippen LogP contribution in [-0.4, -0.2) is 15.3 Å². The van der Waals surface area contributed by atoms with Gasteiger partial charge in [0.1, 0.15) is 17.2 Å². The van der Waals surface area contributed by atoms with Gasteiger partial charge in [-0.3, -0.25) is 0 Å². The summed E-state index contributed by atoms with van der Waals surface area (Å²) in [6.07, 6.45) is 0.753. The second-order valence-electron chi connectivity index (χ2n) is 3.87. The summed E-state index contributed by atoms with van der Waals surface area (Å²) in [7, 11) is 0. The SMILES string of the molecule is CCc1ccc(O)cc1-c1c(O)cccc1O. The molecule has 3 N–H and O–H groups in total. The molecule has 17 heavy (non-hydrogen) atoms. The first-order valence-electron chi connectivity index (χ1n) is 5.46. The third kappa shape index (κ3) is 2.04. The normalized spacial score (nSPS) is 10.4. The summed E-state index contributed by atoms with van der Waals surface area (Å²) in [6, 6.07) is 9.53. The zero-order valence-electron chi connectivity index (χ0n) is 9.51. The largest absolute Gasteiger partial charge is 0.508 e. The number of benzene rings is 2. The van der Waals surface area contributed by atoms with Crippen LogP contribution < -0.4 is 0 Å². The molecule has 0 aliphatic heterocycles. The quantitative estimate of drug-likeness (QED) is 0.743. The highest BCUT2D eigenvalue weighted by Crippen LogP contribution is 2.40. The maximum Gasteiger partial charge on any atom is 0.127 e. The number of aromatic hydroxyl groups is 3. The zero-order chi connectivity index (χ0) is 12.4. The molecule has 0 heterocycles. The average Bonchev–Trinajstić information content (AvgIpc) is 2.29. The van der Waals surface area contributed by atoms with Gasteiger partial charge in [0.15, 0.2) is 0 Å². The lowest BCUT2D eigenvalue weighted by atomic mass is 9.96. The highest BCUT2D eigenvalue weighted by atomic mass is 16.3. The molecule has 0 aliphatic rings. The summed E-state index contributed by atoms with van der Waals surface area (Å²) in [5, 5.41) is 29.1. The minimum Gasteiger partial charge on any atom is -0.508 e. The van der Waals surface area contributed by atoms with Crippen molar-refractivity contribution < 1.29 is 15.3 Å². The Morgan fingerprint density at radius 1 is 0.941 bits per heavy atom. The topological polar surface area (TPSA) is 60.7 Å². The summed E-state index contributed by atoms with van der Waals surface area (Å²) in [5.74, 6) is 0.121. The molecule has 0 unspecified atom stereocenters. The molecule has 0 amide bonds. The molecule has 0 saturated carbocycles. The highest BCUT2D eigenvalue weighted by Gasteiger charge is 2.13. The fourth-order valence-electron chi connectivity index (χ4n) is 1.91. The van der Waals surface area contributed by atoms with Crippen LogP contribution in [0.1, 0.15) is 12.5 Å². The number of phenols is 3. The van der Waals surface area contributed by atoms with Gasteiger partial charge >= 0.3 is 0 Å². The lowest BCUT2D eigenvalue weighted by Gasteiger charge is -2.12. The minimum absolute atomic E-state index is 0.00491. The van der Waals surface area contributed by atoms with Crippen molar-refractivity contribution in [1.82, 2.24) is 0 Å². The van der Waals surface area contributed by atoms with Crippen molar-refractivity contribution >= 4 is 0 Å². The van der Waals surface area contributed by atoms with Gasteiger partial charge in [-0.15, -0.1) is 0 Å². The van der Waals surface area contributed by atoms with Crippen LogP contribution in [0.5, 0.6) is 17.2 Å². The summed E-state index contributed by atoms with van der Waals surface area (Å²) in [4.78, 5) is 0. The number of hydrogen-bond acceptors (Lipinski definition) is 3. The van der Waals surface area contributed by atoms with Crippen LogP contribution in [0, 0.1) is 0 Å². The van der Waals surface area contributed by atoms with Crippen molar-refractivity contribution in [1.29, 1.82) is 0 Å². The first kappa shape index (κ1) is 11.3. The smallest absolute Gasteiger partial charge is 0.127 e. The molecule has 0 saturated heterocycles. The Labute approximate surface area is 99.6 Å². The third-order valence-electron chi connectivity index (χ3n) is 2.76. The van der Waals surface area contributed by atoms with Gasteiger partial charge in [-0.25, -0.2) is 0 Å². The zero-order valence-corrected chi connectivity index (χ0v) is 9.51. The Hall–Kier alpha value is -2.16. The van der Waals surface area contributed by atoms with Gasteiger partial charge in [0, 0.05) is 0 Å². The molecular weight excluding hydrogens is 216 g/mol. The molecule has 0 radical (unpaired) electrons. The van der Waals surface area contributed by atoms with Gasteiger partial charge in [0.05, 0.1) is 5.56 Å². The molecule has 2 aromatic carbocycles. The Morgan fingerprint density at radius 2 is 1.59 bits per heavy atom. The molecule has 3 heteroatoms. The molecule has 2 aromatic rings. The summed E-state index contributed by atoms with van der Waals surface area (Å²) >= 11 is 0. The molecule has 2 rings (SSSR count). The molecule has 0 bridgehead atoms. The summed E-state index contributed by atoms with van der Waals surface area (Å²) < 4.78 is 0. The van der Waals surface area contributed by atoms with E-state index in [1.54, 1.807) is 24.3 Å². The number of hydrogen-bond donors (Lipinski definition) is 3. The lowest BCUT2D eigenvalue weighted by molar-refractivity contribution is 0.454. The fraction of sp³-hybridized carbons (Fsp3) is 0.143. The first-order chi connectivity index (χ1) is 8.13. The molecule has 0 atom stereocenters. The van der Waals surface area contributed by atoms with Gasteiger partial charge in [0.2, 0.25) is 0 Å². The van der Waals surface area contributed by atoms with Crippen LogP contribution >= 0.6 is 0 Å². The Balaban J connectivity index is 2.71. The van der Waals surface area contributed by atoms with Gasteiger partial charge in [-0.1, -0.05) is 19.1 Å². The molecule has 0 aliphatic carbocycles. The van der Waals surface area contributed by atoms with Crippen LogP contribution in [0.2, 0.25) is 0 Å². The van der Waals surface area contributed by atoms with E-state index in [1.165, 1.54) is 12.1 Å². The van der Waals surface area contributed by atoms with Crippen LogP contribution in [-0.2, 0) is 6.42 Å². The van der Waals surface area contributed by atoms with Crippen molar-refractivity contribution in [2.75, 3.05) is 0 Å². The first-order valence-corrected chi connectivity index (χ1v) is 5.46. The third-order valence-corrected chi connectivity index (χ3v) is 2.76. The highest BCUT2D eigenvalue weighted by molar-refractivity contribution is 5.79. The van der Waals surface area contributed by atoms with Crippen LogP contribution in [0.3, 0.4) is 0 Å². The van der Waals surface area contributed by atoms with Gasteiger partial charge in [-0.2, -0.15) is 0 Å². The van der Waals surface area contributed by atoms with E-state index in [0.29, 0.717) is 11.1 Å². The molecule has 0 spiro atoms. The maximum absolute atomic E-state index is 9.81. The van der Waals surface area contributed by atoms with E-state index < -0.39 is 0 Å². The van der Waals surface area contributed by atoms with E-state index in [9.17, 15) is 15.3 Å². The van der Waals surface area contributed by atoms with Crippen LogP contribution in [0.25, 0.3) is 11.1 Å². The number of phenolic OH excluding ortho intramolecular Hbond substituents is 3. The van der Waals surface area contributed by atoms with Crippen molar-refractivity contribution in [3.05, 3.63) is 42.0 Å². The monoisotopic (exact) mass is 230 g/mol. The molecule has 3 nitrogen and oxygen atoms in total. The predicted molar refractivity (Wildman–Crippen MR) is 66.3 cm³/mol. The number of aryl methyl sites for hydroxylation is 1. The van der Waals surface area contributed by atoms with E-state index in [2.05, 4.69) is 0 Å². The van der Waals surface area contributed by atoms with Crippen molar-refractivity contribution in [2.24, 2.45) is 0 Å². The van der Waals surface area contributed by atoms with Crippen molar-refractivity contribution in [2.45, 2.75) is 13.3 Å². The Morgan fingerprint density at radius 3 is 2.18 bits per heavy atom. The lowest BCUT2D eigenvalue weighted by Crippen LogP contribution is -1.88. The molecule has 0 aromatic heterocycles. The van der Waals surface area contributed by atoms with E-state index in [0.717, 1.165) is 12.0 Å². The van der Waals surface area contributed by atoms with E-state index in [1.807, 2.05) is 6.92 Å². The molecular formula is C14H14O3. The second kappa shape index (κ2) is 4.37. The van der Waals surface area contributed by atoms with E-state index in [-0.39, 0.29) is 17.2 Å². The van der Waals surface area contributed by atoms with Crippen LogP contribution in [0.15, 0.2) is 36.4 Å². The van der Waals surface area contributed by atoms with E-state index >= 15 is 0 Å².